The molecule has 27 heavy (non-hydrogen) atoms. The monoisotopic (exact) mass is 364 g/mol. The van der Waals surface area contributed by atoms with Crippen molar-refractivity contribution in [3.8, 4) is 5.75 Å². The predicted octanol–water partition coefficient (Wildman–Crippen LogP) is 6.93. The second-order valence-electron chi connectivity index (χ2n) is 7.87. The van der Waals surface area contributed by atoms with Crippen molar-refractivity contribution < 1.29 is 9.53 Å². The van der Waals surface area contributed by atoms with E-state index in [0.29, 0.717) is 17.2 Å². The minimum atomic E-state index is -0.290. The summed E-state index contributed by atoms with van der Waals surface area (Å²) < 4.78 is 5.54. The fraction of sp³-hybridized carbons (Fsp3) is 0.480. The van der Waals surface area contributed by atoms with E-state index in [4.69, 9.17) is 4.74 Å². The summed E-state index contributed by atoms with van der Waals surface area (Å²) in [6.07, 6.45) is 10.3. The maximum Gasteiger partial charge on any atom is 0.343 e. The molecule has 0 unspecified atom stereocenters. The Hall–Kier alpha value is -2.09. The highest BCUT2D eigenvalue weighted by Crippen LogP contribution is 2.38. The number of hydrogen-bond donors (Lipinski definition) is 0. The highest BCUT2D eigenvalue weighted by molar-refractivity contribution is 5.91. The Balaban J connectivity index is 1.53. The fourth-order valence-electron chi connectivity index (χ4n) is 4.13. The van der Waals surface area contributed by atoms with Crippen LogP contribution in [0.2, 0.25) is 0 Å². The molecule has 1 saturated carbocycles. The zero-order valence-corrected chi connectivity index (χ0v) is 16.7. The van der Waals surface area contributed by atoms with Crippen molar-refractivity contribution in [2.75, 3.05) is 0 Å². The number of unbranched alkanes of at least 4 members (excludes halogenated alkanes) is 1. The Bertz CT molecular complexity index is 707. The van der Waals surface area contributed by atoms with Gasteiger partial charge >= 0.3 is 5.97 Å². The lowest BCUT2D eigenvalue weighted by Crippen LogP contribution is -2.13. The first kappa shape index (κ1) is 19.7. The third-order valence-electron chi connectivity index (χ3n) is 5.97. The lowest BCUT2D eigenvalue weighted by atomic mass is 9.77. The maximum atomic E-state index is 12.3. The summed E-state index contributed by atoms with van der Waals surface area (Å²) in [6, 6.07) is 15.8. The van der Waals surface area contributed by atoms with Crippen LogP contribution in [0.5, 0.6) is 5.75 Å². The van der Waals surface area contributed by atoms with Crippen LogP contribution >= 0.6 is 0 Å². The van der Waals surface area contributed by atoms with E-state index in [1.165, 1.54) is 56.1 Å². The van der Waals surface area contributed by atoms with Crippen LogP contribution in [0.4, 0.5) is 0 Å². The van der Waals surface area contributed by atoms with Crippen LogP contribution in [0.15, 0.2) is 48.5 Å². The second-order valence-corrected chi connectivity index (χ2v) is 7.87. The lowest BCUT2D eigenvalue weighted by molar-refractivity contribution is 0.0734. The minimum absolute atomic E-state index is 0.290. The van der Waals surface area contributed by atoms with Gasteiger partial charge in [0.2, 0.25) is 0 Å². The third-order valence-corrected chi connectivity index (χ3v) is 5.97. The number of carbonyl (C=O) groups is 1. The van der Waals surface area contributed by atoms with E-state index in [2.05, 4.69) is 26.0 Å². The van der Waals surface area contributed by atoms with Gasteiger partial charge in [0.1, 0.15) is 5.75 Å². The molecule has 2 nitrogen and oxygen atoms in total. The van der Waals surface area contributed by atoms with E-state index in [-0.39, 0.29) is 5.97 Å². The molecule has 0 heterocycles. The van der Waals surface area contributed by atoms with E-state index in [9.17, 15) is 4.79 Å². The topological polar surface area (TPSA) is 26.3 Å². The van der Waals surface area contributed by atoms with E-state index < -0.39 is 0 Å². The molecule has 0 saturated heterocycles. The van der Waals surface area contributed by atoms with E-state index in [1.807, 2.05) is 36.4 Å². The summed E-state index contributed by atoms with van der Waals surface area (Å²) in [5.74, 6) is 1.93. The molecule has 1 aliphatic carbocycles. The van der Waals surface area contributed by atoms with Gasteiger partial charge in [-0.25, -0.2) is 4.79 Å². The van der Waals surface area contributed by atoms with Crippen molar-refractivity contribution in [1.82, 2.24) is 0 Å². The van der Waals surface area contributed by atoms with Crippen LogP contribution < -0.4 is 4.74 Å². The summed E-state index contributed by atoms with van der Waals surface area (Å²) in [7, 11) is 0. The Morgan fingerprint density at radius 3 is 2.19 bits per heavy atom. The normalized spacial score (nSPS) is 19.6. The lowest BCUT2D eigenvalue weighted by Gasteiger charge is -2.28. The highest BCUT2D eigenvalue weighted by atomic mass is 16.5. The van der Waals surface area contributed by atoms with Gasteiger partial charge in [-0.15, -0.1) is 0 Å². The van der Waals surface area contributed by atoms with Crippen molar-refractivity contribution in [1.29, 1.82) is 0 Å². The first-order valence-corrected chi connectivity index (χ1v) is 10.6. The summed E-state index contributed by atoms with van der Waals surface area (Å²) in [5.41, 5.74) is 3.21. The van der Waals surface area contributed by atoms with Gasteiger partial charge in [-0.05, 0) is 79.3 Å². The van der Waals surface area contributed by atoms with Gasteiger partial charge in [-0.1, -0.05) is 57.4 Å². The molecule has 2 heteroatoms. The van der Waals surface area contributed by atoms with Crippen LogP contribution in [0.1, 0.15) is 86.2 Å². The molecule has 0 N–H and O–H groups in total. The molecular weight excluding hydrogens is 332 g/mol. The van der Waals surface area contributed by atoms with Gasteiger partial charge in [0.25, 0.3) is 0 Å². The van der Waals surface area contributed by atoms with Crippen molar-refractivity contribution in [3.63, 3.8) is 0 Å². The summed E-state index contributed by atoms with van der Waals surface area (Å²) >= 11 is 0. The van der Waals surface area contributed by atoms with Crippen LogP contribution in [-0.2, 0) is 6.42 Å². The first-order chi connectivity index (χ1) is 13.2. The van der Waals surface area contributed by atoms with Crippen LogP contribution in [-0.4, -0.2) is 5.97 Å². The van der Waals surface area contributed by atoms with E-state index >= 15 is 0 Å². The number of ether oxygens (including phenoxy) is 1. The molecule has 0 bridgehead atoms. The number of carbonyl (C=O) groups excluding carboxylic acids is 1. The summed E-state index contributed by atoms with van der Waals surface area (Å²) in [6.45, 7) is 4.38. The van der Waals surface area contributed by atoms with Crippen molar-refractivity contribution in [2.24, 2.45) is 5.92 Å². The SMILES string of the molecule is CCCCC1CCC(c2ccc(OC(=O)c3ccc(CC)cc3)cc2)CC1. The molecule has 0 spiro atoms. The first-order valence-electron chi connectivity index (χ1n) is 10.6. The smallest absolute Gasteiger partial charge is 0.343 e. The number of rotatable bonds is 7. The zero-order chi connectivity index (χ0) is 19.1. The maximum absolute atomic E-state index is 12.3. The average molecular weight is 365 g/mol. The molecule has 0 radical (unpaired) electrons. The molecule has 1 fully saturated rings. The number of esters is 1. The Morgan fingerprint density at radius 1 is 0.926 bits per heavy atom. The quantitative estimate of drug-likeness (QED) is 0.393. The Kier molecular flexibility index (Phi) is 7.09. The Labute approximate surface area is 164 Å². The van der Waals surface area contributed by atoms with Crippen molar-refractivity contribution in [2.45, 2.75) is 71.1 Å². The van der Waals surface area contributed by atoms with E-state index in [1.54, 1.807) is 0 Å². The van der Waals surface area contributed by atoms with Gasteiger partial charge < -0.3 is 4.74 Å². The molecule has 1 aliphatic rings. The molecule has 3 rings (SSSR count). The minimum Gasteiger partial charge on any atom is -0.423 e. The number of hydrogen-bond acceptors (Lipinski definition) is 2. The summed E-state index contributed by atoms with van der Waals surface area (Å²) in [5, 5.41) is 0. The Morgan fingerprint density at radius 2 is 1.59 bits per heavy atom. The summed E-state index contributed by atoms with van der Waals surface area (Å²) in [4.78, 5) is 12.3. The second kappa shape index (κ2) is 9.73. The molecule has 144 valence electrons. The molecule has 0 atom stereocenters. The average Bonchev–Trinajstić information content (AvgIpc) is 2.73. The molecule has 0 aliphatic heterocycles. The number of benzene rings is 2. The molecule has 0 amide bonds. The van der Waals surface area contributed by atoms with Gasteiger partial charge in [-0.2, -0.15) is 0 Å². The molecule has 2 aromatic rings. The largest absolute Gasteiger partial charge is 0.423 e. The third kappa shape index (κ3) is 5.45. The molecule has 2 aromatic carbocycles. The van der Waals surface area contributed by atoms with Gasteiger partial charge in [0.05, 0.1) is 5.56 Å². The standard InChI is InChI=1S/C25H32O2/c1-3-5-6-20-9-11-21(12-10-20)22-15-17-24(18-16-22)27-25(26)23-13-7-19(4-2)8-14-23/h7-8,13-18,20-21H,3-6,9-12H2,1-2H3. The van der Waals surface area contributed by atoms with E-state index in [0.717, 1.165) is 12.3 Å². The number of aryl methyl sites for hydroxylation is 1. The zero-order valence-electron chi connectivity index (χ0n) is 16.7. The highest BCUT2D eigenvalue weighted by Gasteiger charge is 2.22. The predicted molar refractivity (Wildman–Crippen MR) is 111 cm³/mol. The molecular formula is C25H32O2. The fourth-order valence-corrected chi connectivity index (χ4v) is 4.13. The van der Waals surface area contributed by atoms with Crippen LogP contribution in [0.25, 0.3) is 0 Å². The van der Waals surface area contributed by atoms with Crippen molar-refractivity contribution >= 4 is 5.97 Å². The van der Waals surface area contributed by atoms with Crippen LogP contribution in [0, 0.1) is 5.92 Å². The molecule has 0 aromatic heterocycles. The van der Waals surface area contributed by atoms with Gasteiger partial charge in [0.15, 0.2) is 0 Å². The van der Waals surface area contributed by atoms with Gasteiger partial charge in [0, 0.05) is 0 Å². The van der Waals surface area contributed by atoms with Gasteiger partial charge in [-0.3, -0.25) is 0 Å². The van der Waals surface area contributed by atoms with Crippen molar-refractivity contribution in [3.05, 3.63) is 65.2 Å². The van der Waals surface area contributed by atoms with Crippen LogP contribution in [0.3, 0.4) is 0 Å².